The molecule has 3 N–H and O–H groups in total. The van der Waals surface area contributed by atoms with E-state index in [1.807, 2.05) is 39.0 Å². The van der Waals surface area contributed by atoms with Crippen LogP contribution in [-0.2, 0) is 10.0 Å². The molecule has 0 aliphatic heterocycles. The second kappa shape index (κ2) is 10.5. The number of amides is 1. The van der Waals surface area contributed by atoms with Gasteiger partial charge in [-0.3, -0.25) is 9.52 Å². The van der Waals surface area contributed by atoms with Crippen molar-refractivity contribution in [1.29, 1.82) is 0 Å². The number of aliphatic hydroxyl groups is 1. The average molecular weight is 469 g/mol. The van der Waals surface area contributed by atoms with E-state index in [0.717, 1.165) is 16.7 Å². The Hall–Kier alpha value is -3.36. The summed E-state index contributed by atoms with van der Waals surface area (Å²) in [5, 5.41) is 12.7. The highest BCUT2D eigenvalue weighted by Gasteiger charge is 2.16. The van der Waals surface area contributed by atoms with E-state index in [4.69, 9.17) is 4.74 Å². The minimum Gasteiger partial charge on any atom is -0.491 e. The molecule has 3 rings (SSSR count). The summed E-state index contributed by atoms with van der Waals surface area (Å²) in [4.78, 5) is 12.5. The van der Waals surface area contributed by atoms with E-state index in [9.17, 15) is 18.3 Å². The van der Waals surface area contributed by atoms with Crippen molar-refractivity contribution in [3.63, 3.8) is 0 Å². The molecule has 0 radical (unpaired) electrons. The topological polar surface area (TPSA) is 105 Å². The first-order valence-corrected chi connectivity index (χ1v) is 12.0. The molecule has 0 saturated heterocycles. The zero-order chi connectivity index (χ0) is 24.0. The Labute approximate surface area is 194 Å². The van der Waals surface area contributed by atoms with Gasteiger partial charge in [0.2, 0.25) is 0 Å². The molecular formula is C25H28N2O5S. The minimum absolute atomic E-state index is 0.0196. The molecule has 0 saturated carbocycles. The molecule has 8 heteroatoms. The summed E-state index contributed by atoms with van der Waals surface area (Å²) in [7, 11) is -3.74. The zero-order valence-electron chi connectivity index (χ0n) is 18.8. The van der Waals surface area contributed by atoms with Crippen molar-refractivity contribution in [2.75, 3.05) is 17.9 Å². The smallest absolute Gasteiger partial charge is 0.261 e. The number of carbonyl (C=O) groups excluding carboxylic acids is 1. The van der Waals surface area contributed by atoms with Crippen molar-refractivity contribution in [1.82, 2.24) is 5.32 Å². The predicted octanol–water partition coefficient (Wildman–Crippen LogP) is 3.58. The Kier molecular flexibility index (Phi) is 7.73. The lowest BCUT2D eigenvalue weighted by atomic mass is 10.1. The second-order valence-corrected chi connectivity index (χ2v) is 9.60. The highest BCUT2D eigenvalue weighted by atomic mass is 32.2. The summed E-state index contributed by atoms with van der Waals surface area (Å²) in [5.74, 6) is 0.271. The van der Waals surface area contributed by atoms with Crippen LogP contribution in [0.5, 0.6) is 5.75 Å². The molecule has 1 unspecified atom stereocenters. The summed E-state index contributed by atoms with van der Waals surface area (Å²) < 4.78 is 33.3. The van der Waals surface area contributed by atoms with Crippen molar-refractivity contribution in [2.45, 2.75) is 31.8 Å². The molecule has 0 heterocycles. The third-order valence-corrected chi connectivity index (χ3v) is 6.50. The number of carbonyl (C=O) groups is 1. The number of hydrogen-bond acceptors (Lipinski definition) is 5. The van der Waals surface area contributed by atoms with Crippen molar-refractivity contribution in [3.05, 3.63) is 89.0 Å². The molecule has 3 aromatic carbocycles. The van der Waals surface area contributed by atoms with Crippen molar-refractivity contribution < 1.29 is 23.1 Å². The van der Waals surface area contributed by atoms with Crippen LogP contribution in [0, 0.1) is 20.8 Å². The summed E-state index contributed by atoms with van der Waals surface area (Å²) in [5.41, 5.74) is 3.63. The molecule has 1 amide bonds. The number of ether oxygens (including phenoxy) is 1. The van der Waals surface area contributed by atoms with E-state index < -0.39 is 16.1 Å². The van der Waals surface area contributed by atoms with Crippen LogP contribution >= 0.6 is 0 Å². The number of nitrogens with one attached hydrogen (secondary N) is 2. The van der Waals surface area contributed by atoms with Gasteiger partial charge >= 0.3 is 0 Å². The quantitative estimate of drug-likeness (QED) is 0.445. The summed E-state index contributed by atoms with van der Waals surface area (Å²) >= 11 is 0. The molecular weight excluding hydrogens is 440 g/mol. The Morgan fingerprint density at radius 1 is 0.970 bits per heavy atom. The fourth-order valence-corrected chi connectivity index (χ4v) is 4.20. The van der Waals surface area contributed by atoms with Gasteiger partial charge in [-0.1, -0.05) is 18.2 Å². The highest BCUT2D eigenvalue weighted by Crippen LogP contribution is 2.19. The Morgan fingerprint density at radius 3 is 2.36 bits per heavy atom. The maximum atomic E-state index is 12.6. The summed E-state index contributed by atoms with van der Waals surface area (Å²) in [6.45, 7) is 5.78. The van der Waals surface area contributed by atoms with Gasteiger partial charge in [-0.05, 0) is 86.0 Å². The van der Waals surface area contributed by atoms with Crippen molar-refractivity contribution in [2.24, 2.45) is 0 Å². The van der Waals surface area contributed by atoms with Crippen LogP contribution < -0.4 is 14.8 Å². The first-order valence-electron chi connectivity index (χ1n) is 10.5. The van der Waals surface area contributed by atoms with Gasteiger partial charge in [-0.15, -0.1) is 0 Å². The Balaban J connectivity index is 1.52. The SMILES string of the molecule is Cc1cccc(OCC(O)CNC(=O)c2ccc(NS(=O)(=O)c3ccc(C)c(C)c3)cc2)c1. The maximum Gasteiger partial charge on any atom is 0.261 e. The lowest BCUT2D eigenvalue weighted by Crippen LogP contribution is -2.35. The molecule has 0 aliphatic carbocycles. The van der Waals surface area contributed by atoms with E-state index in [2.05, 4.69) is 10.0 Å². The summed E-state index contributed by atoms with van der Waals surface area (Å²) in [6.07, 6.45) is -0.876. The molecule has 174 valence electrons. The number of sulfonamides is 1. The zero-order valence-corrected chi connectivity index (χ0v) is 19.6. The number of aryl methyl sites for hydroxylation is 3. The molecule has 0 fully saturated rings. The molecule has 0 bridgehead atoms. The van der Waals surface area contributed by atoms with E-state index in [0.29, 0.717) is 17.0 Å². The number of anilines is 1. The molecule has 1 atom stereocenters. The van der Waals surface area contributed by atoms with E-state index in [1.54, 1.807) is 24.3 Å². The molecule has 0 spiro atoms. The predicted molar refractivity (Wildman–Crippen MR) is 128 cm³/mol. The second-order valence-electron chi connectivity index (χ2n) is 7.92. The molecule has 33 heavy (non-hydrogen) atoms. The lowest BCUT2D eigenvalue weighted by Gasteiger charge is -2.14. The monoisotopic (exact) mass is 468 g/mol. The van der Waals surface area contributed by atoms with Gasteiger partial charge in [0, 0.05) is 17.8 Å². The van der Waals surface area contributed by atoms with Crippen LogP contribution in [0.25, 0.3) is 0 Å². The lowest BCUT2D eigenvalue weighted by molar-refractivity contribution is 0.0843. The normalized spacial score (nSPS) is 12.1. The number of rotatable bonds is 9. The highest BCUT2D eigenvalue weighted by molar-refractivity contribution is 7.92. The Morgan fingerprint density at radius 2 is 1.70 bits per heavy atom. The van der Waals surface area contributed by atoms with E-state index in [1.165, 1.54) is 24.3 Å². The number of benzene rings is 3. The number of aliphatic hydroxyl groups excluding tert-OH is 1. The van der Waals surface area contributed by atoms with Gasteiger partial charge in [0.05, 0.1) is 4.90 Å². The van der Waals surface area contributed by atoms with E-state index in [-0.39, 0.29) is 24.0 Å². The van der Waals surface area contributed by atoms with Crippen LogP contribution in [0.3, 0.4) is 0 Å². The van der Waals surface area contributed by atoms with Gasteiger partial charge in [-0.2, -0.15) is 0 Å². The van der Waals surface area contributed by atoms with Crippen LogP contribution in [-0.4, -0.2) is 38.7 Å². The van der Waals surface area contributed by atoms with Crippen molar-refractivity contribution in [3.8, 4) is 5.75 Å². The summed E-state index contributed by atoms with van der Waals surface area (Å²) in [6, 6.07) is 18.5. The third-order valence-electron chi connectivity index (χ3n) is 5.12. The van der Waals surface area contributed by atoms with Crippen molar-refractivity contribution >= 4 is 21.6 Å². The standard InChI is InChI=1S/C25H28N2O5S/c1-17-5-4-6-23(13-17)32-16-22(28)15-26-25(29)20-8-10-21(11-9-20)27-33(30,31)24-12-7-18(2)19(3)14-24/h4-14,22,27-28H,15-16H2,1-3H3,(H,26,29). The van der Waals surface area contributed by atoms with Crippen LogP contribution in [0.4, 0.5) is 5.69 Å². The largest absolute Gasteiger partial charge is 0.491 e. The molecule has 7 nitrogen and oxygen atoms in total. The van der Waals surface area contributed by atoms with Crippen LogP contribution in [0.15, 0.2) is 71.6 Å². The number of hydrogen-bond donors (Lipinski definition) is 3. The maximum absolute atomic E-state index is 12.6. The molecule has 3 aromatic rings. The molecule has 0 aliphatic rings. The van der Waals surface area contributed by atoms with E-state index >= 15 is 0 Å². The fraction of sp³-hybridized carbons (Fsp3) is 0.240. The van der Waals surface area contributed by atoms with Gasteiger partial charge < -0.3 is 15.2 Å². The first kappa shape index (κ1) is 24.3. The first-order chi connectivity index (χ1) is 15.6. The molecule has 0 aromatic heterocycles. The van der Waals surface area contributed by atoms with Gasteiger partial charge in [0.25, 0.3) is 15.9 Å². The van der Waals surface area contributed by atoms with Gasteiger partial charge in [-0.25, -0.2) is 8.42 Å². The average Bonchev–Trinajstić information content (AvgIpc) is 2.78. The Bertz CT molecular complexity index is 1220. The third kappa shape index (κ3) is 6.81. The van der Waals surface area contributed by atoms with Crippen LogP contribution in [0.2, 0.25) is 0 Å². The fourth-order valence-electron chi connectivity index (χ4n) is 3.05. The van der Waals surface area contributed by atoms with Crippen LogP contribution in [0.1, 0.15) is 27.0 Å². The minimum atomic E-state index is -3.74. The van der Waals surface area contributed by atoms with Gasteiger partial charge in [0.1, 0.15) is 18.5 Å². The van der Waals surface area contributed by atoms with Gasteiger partial charge in [0.15, 0.2) is 0 Å².